The molecule has 0 saturated heterocycles. The molecule has 1 aliphatic rings. The van der Waals surface area contributed by atoms with Crippen LogP contribution in [0.5, 0.6) is 0 Å². The molecule has 3 atom stereocenters. The molecule has 1 fully saturated rings. The van der Waals surface area contributed by atoms with Crippen molar-refractivity contribution in [2.24, 2.45) is 10.9 Å². The smallest absolute Gasteiger partial charge is 0.191 e. The molecule has 1 aliphatic carbocycles. The Kier molecular flexibility index (Phi) is 6.90. The van der Waals surface area contributed by atoms with Gasteiger partial charge in [0.2, 0.25) is 0 Å². The molecule has 128 valence electrons. The molecule has 2 rings (SSSR count). The van der Waals surface area contributed by atoms with Crippen molar-refractivity contribution < 1.29 is 0 Å². The quantitative estimate of drug-likeness (QED) is 0.572. The SMILES string of the molecule is CCN(CC)C(CNC(=NC)NC1CC1C)Cc1ccccc1. The number of hydrogen-bond donors (Lipinski definition) is 2. The number of hydrogen-bond acceptors (Lipinski definition) is 2. The maximum Gasteiger partial charge on any atom is 0.191 e. The van der Waals surface area contributed by atoms with Crippen molar-refractivity contribution in [3.05, 3.63) is 35.9 Å². The molecule has 3 unspecified atom stereocenters. The Bertz CT molecular complexity index is 481. The van der Waals surface area contributed by atoms with Crippen molar-refractivity contribution in [2.75, 3.05) is 26.7 Å². The Labute approximate surface area is 141 Å². The van der Waals surface area contributed by atoms with Gasteiger partial charge in [0, 0.05) is 25.7 Å². The molecule has 23 heavy (non-hydrogen) atoms. The molecule has 0 spiro atoms. The minimum atomic E-state index is 0.475. The topological polar surface area (TPSA) is 39.7 Å². The first kappa shape index (κ1) is 17.8. The largest absolute Gasteiger partial charge is 0.355 e. The molecule has 1 aromatic carbocycles. The van der Waals surface area contributed by atoms with Gasteiger partial charge in [-0.25, -0.2) is 0 Å². The summed E-state index contributed by atoms with van der Waals surface area (Å²) in [5.74, 6) is 1.71. The maximum atomic E-state index is 4.37. The van der Waals surface area contributed by atoms with Crippen molar-refractivity contribution in [3.63, 3.8) is 0 Å². The van der Waals surface area contributed by atoms with Gasteiger partial charge in [0.05, 0.1) is 0 Å². The Hall–Kier alpha value is -1.55. The lowest BCUT2D eigenvalue weighted by atomic mass is 10.0. The Morgan fingerprint density at radius 1 is 1.26 bits per heavy atom. The number of likely N-dealkylation sites (N-methyl/N-ethyl adjacent to an activating group) is 1. The third-order valence-corrected chi connectivity index (χ3v) is 4.80. The van der Waals surface area contributed by atoms with Crippen LogP contribution in [0.3, 0.4) is 0 Å². The zero-order valence-corrected chi connectivity index (χ0v) is 15.0. The second-order valence-corrected chi connectivity index (χ2v) is 6.48. The van der Waals surface area contributed by atoms with Gasteiger partial charge < -0.3 is 10.6 Å². The fourth-order valence-electron chi connectivity index (χ4n) is 3.06. The van der Waals surface area contributed by atoms with Crippen LogP contribution in [0.4, 0.5) is 0 Å². The van der Waals surface area contributed by atoms with Crippen molar-refractivity contribution in [2.45, 2.75) is 45.7 Å². The Morgan fingerprint density at radius 2 is 1.91 bits per heavy atom. The van der Waals surface area contributed by atoms with Crippen LogP contribution in [-0.2, 0) is 6.42 Å². The summed E-state index contributed by atoms with van der Waals surface area (Å²) in [7, 11) is 1.85. The summed E-state index contributed by atoms with van der Waals surface area (Å²) in [6.07, 6.45) is 2.32. The van der Waals surface area contributed by atoms with E-state index >= 15 is 0 Å². The molecule has 4 heteroatoms. The molecule has 0 bridgehead atoms. The molecular formula is C19H32N4. The van der Waals surface area contributed by atoms with Crippen LogP contribution in [0.15, 0.2) is 35.3 Å². The van der Waals surface area contributed by atoms with E-state index in [0.29, 0.717) is 12.1 Å². The lowest BCUT2D eigenvalue weighted by Gasteiger charge is -2.30. The number of rotatable bonds is 8. The first-order valence-electron chi connectivity index (χ1n) is 8.93. The lowest BCUT2D eigenvalue weighted by Crippen LogP contribution is -2.48. The molecule has 1 aromatic rings. The molecule has 4 nitrogen and oxygen atoms in total. The second kappa shape index (κ2) is 8.92. The zero-order chi connectivity index (χ0) is 16.7. The zero-order valence-electron chi connectivity index (χ0n) is 15.0. The highest BCUT2D eigenvalue weighted by molar-refractivity contribution is 5.80. The average Bonchev–Trinajstić information content (AvgIpc) is 3.27. The molecule has 0 aromatic heterocycles. The van der Waals surface area contributed by atoms with Gasteiger partial charge in [-0.1, -0.05) is 51.1 Å². The monoisotopic (exact) mass is 316 g/mol. The highest BCUT2D eigenvalue weighted by Gasteiger charge is 2.33. The summed E-state index contributed by atoms with van der Waals surface area (Å²) in [6.45, 7) is 9.81. The van der Waals surface area contributed by atoms with Gasteiger partial charge in [0.1, 0.15) is 0 Å². The lowest BCUT2D eigenvalue weighted by molar-refractivity contribution is 0.215. The van der Waals surface area contributed by atoms with Crippen LogP contribution in [0, 0.1) is 5.92 Å². The minimum Gasteiger partial charge on any atom is -0.355 e. The summed E-state index contributed by atoms with van der Waals surface area (Å²) >= 11 is 0. The van der Waals surface area contributed by atoms with E-state index in [1.807, 2.05) is 7.05 Å². The summed E-state index contributed by atoms with van der Waals surface area (Å²) in [6, 6.07) is 11.8. The van der Waals surface area contributed by atoms with E-state index in [4.69, 9.17) is 0 Å². The first-order valence-corrected chi connectivity index (χ1v) is 8.93. The van der Waals surface area contributed by atoms with Gasteiger partial charge in [0.25, 0.3) is 0 Å². The third kappa shape index (κ3) is 5.54. The highest BCUT2D eigenvalue weighted by Crippen LogP contribution is 2.28. The van der Waals surface area contributed by atoms with Crippen molar-refractivity contribution >= 4 is 5.96 Å². The predicted molar refractivity (Wildman–Crippen MR) is 98.9 cm³/mol. The van der Waals surface area contributed by atoms with Crippen LogP contribution in [0.1, 0.15) is 32.8 Å². The normalized spacial score (nSPS) is 22.0. The average molecular weight is 316 g/mol. The van der Waals surface area contributed by atoms with Crippen molar-refractivity contribution in [1.29, 1.82) is 0 Å². The Balaban J connectivity index is 1.93. The number of nitrogens with one attached hydrogen (secondary N) is 2. The van der Waals surface area contributed by atoms with E-state index < -0.39 is 0 Å². The first-order chi connectivity index (χ1) is 11.2. The van der Waals surface area contributed by atoms with Gasteiger partial charge in [0.15, 0.2) is 5.96 Å². The maximum absolute atomic E-state index is 4.37. The van der Waals surface area contributed by atoms with Crippen LogP contribution in [0.2, 0.25) is 0 Å². The highest BCUT2D eigenvalue weighted by atomic mass is 15.2. The summed E-state index contributed by atoms with van der Waals surface area (Å²) in [5.41, 5.74) is 1.39. The summed E-state index contributed by atoms with van der Waals surface area (Å²) in [5, 5.41) is 7.03. The standard InChI is InChI=1S/C19H32N4/c1-5-23(6-2)17(13-16-10-8-7-9-11-16)14-21-19(20-4)22-18-12-15(18)3/h7-11,15,17-18H,5-6,12-14H2,1-4H3,(H2,20,21,22). The number of benzene rings is 1. The van der Waals surface area contributed by atoms with Gasteiger partial charge in [-0.05, 0) is 37.4 Å². The van der Waals surface area contributed by atoms with E-state index in [2.05, 4.69) is 71.6 Å². The van der Waals surface area contributed by atoms with E-state index in [9.17, 15) is 0 Å². The molecule has 1 saturated carbocycles. The third-order valence-electron chi connectivity index (χ3n) is 4.80. The summed E-state index contributed by atoms with van der Waals surface area (Å²) in [4.78, 5) is 6.89. The minimum absolute atomic E-state index is 0.475. The number of nitrogens with zero attached hydrogens (tertiary/aromatic N) is 2. The van der Waals surface area contributed by atoms with Crippen LogP contribution < -0.4 is 10.6 Å². The van der Waals surface area contributed by atoms with Crippen LogP contribution in [-0.4, -0.2) is 49.6 Å². The fraction of sp³-hybridized carbons (Fsp3) is 0.632. The van der Waals surface area contributed by atoms with Gasteiger partial charge in [-0.3, -0.25) is 9.89 Å². The molecule has 2 N–H and O–H groups in total. The van der Waals surface area contributed by atoms with Gasteiger partial charge in [-0.15, -0.1) is 0 Å². The van der Waals surface area contributed by atoms with Crippen molar-refractivity contribution in [1.82, 2.24) is 15.5 Å². The van der Waals surface area contributed by atoms with E-state index in [-0.39, 0.29) is 0 Å². The second-order valence-electron chi connectivity index (χ2n) is 6.48. The Morgan fingerprint density at radius 3 is 2.43 bits per heavy atom. The van der Waals surface area contributed by atoms with Crippen LogP contribution >= 0.6 is 0 Å². The van der Waals surface area contributed by atoms with E-state index in [0.717, 1.165) is 37.9 Å². The van der Waals surface area contributed by atoms with E-state index in [1.54, 1.807) is 0 Å². The number of guanidine groups is 1. The fourth-order valence-corrected chi connectivity index (χ4v) is 3.06. The van der Waals surface area contributed by atoms with Crippen molar-refractivity contribution in [3.8, 4) is 0 Å². The van der Waals surface area contributed by atoms with Gasteiger partial charge >= 0.3 is 0 Å². The molecule has 0 aliphatic heterocycles. The van der Waals surface area contributed by atoms with Gasteiger partial charge in [-0.2, -0.15) is 0 Å². The predicted octanol–water partition coefficient (Wildman–Crippen LogP) is 2.51. The number of aliphatic imine (C=N–C) groups is 1. The van der Waals surface area contributed by atoms with E-state index in [1.165, 1.54) is 12.0 Å². The molecule has 0 heterocycles. The van der Waals surface area contributed by atoms with Crippen LogP contribution in [0.25, 0.3) is 0 Å². The summed E-state index contributed by atoms with van der Waals surface area (Å²) < 4.78 is 0. The molecule has 0 radical (unpaired) electrons. The molecular weight excluding hydrogens is 284 g/mol. The molecule has 0 amide bonds.